The van der Waals surface area contributed by atoms with Gasteiger partial charge in [-0.05, 0) is 19.0 Å². The van der Waals surface area contributed by atoms with Crippen molar-refractivity contribution in [2.75, 3.05) is 44.7 Å². The van der Waals surface area contributed by atoms with Crippen molar-refractivity contribution < 1.29 is 22.1 Å². The van der Waals surface area contributed by atoms with Gasteiger partial charge in [0, 0.05) is 25.7 Å². The van der Waals surface area contributed by atoms with Crippen molar-refractivity contribution in [1.82, 2.24) is 4.90 Å². The SMILES string of the molecule is O=[N+]([O-])c1cccc(Cl)c1NCCCN1CCOCC1.[Cl-]. The third kappa shape index (κ3) is 5.32. The van der Waals surface area contributed by atoms with Crippen LogP contribution in [0.15, 0.2) is 18.2 Å². The van der Waals surface area contributed by atoms with Crippen LogP contribution in [0.3, 0.4) is 0 Å². The Morgan fingerprint density at radius 2 is 2.10 bits per heavy atom. The van der Waals surface area contributed by atoms with Gasteiger partial charge in [0.2, 0.25) is 0 Å². The molecule has 21 heavy (non-hydrogen) atoms. The average molecular weight is 335 g/mol. The van der Waals surface area contributed by atoms with Crippen molar-refractivity contribution in [2.45, 2.75) is 6.42 Å². The number of nitrogens with one attached hydrogen (secondary N) is 1. The zero-order valence-corrected chi connectivity index (χ0v) is 13.1. The first-order valence-corrected chi connectivity index (χ1v) is 7.03. The van der Waals surface area contributed by atoms with E-state index in [-0.39, 0.29) is 18.1 Å². The highest BCUT2D eigenvalue weighted by Gasteiger charge is 2.16. The number of anilines is 1. The number of benzene rings is 1. The third-order valence-electron chi connectivity index (χ3n) is 3.24. The van der Waals surface area contributed by atoms with Crippen molar-refractivity contribution in [3.05, 3.63) is 33.3 Å². The summed E-state index contributed by atoms with van der Waals surface area (Å²) in [6.45, 7) is 5.07. The molecule has 1 aliphatic rings. The summed E-state index contributed by atoms with van der Waals surface area (Å²) in [5.74, 6) is 0. The summed E-state index contributed by atoms with van der Waals surface area (Å²) in [7, 11) is 0. The fraction of sp³-hybridized carbons (Fsp3) is 0.538. The van der Waals surface area contributed by atoms with Crippen molar-refractivity contribution in [3.63, 3.8) is 0 Å². The number of morpholine rings is 1. The van der Waals surface area contributed by atoms with Crippen LogP contribution in [-0.4, -0.2) is 49.2 Å². The first-order valence-electron chi connectivity index (χ1n) is 6.65. The number of hydrogen-bond donors (Lipinski definition) is 1. The van der Waals surface area contributed by atoms with Crippen LogP contribution in [0.5, 0.6) is 0 Å². The molecule has 0 amide bonds. The molecule has 1 N–H and O–H groups in total. The predicted molar refractivity (Wildman–Crippen MR) is 78.5 cm³/mol. The second-order valence-electron chi connectivity index (χ2n) is 4.63. The molecule has 0 atom stereocenters. The van der Waals surface area contributed by atoms with Crippen molar-refractivity contribution in [3.8, 4) is 0 Å². The van der Waals surface area contributed by atoms with Gasteiger partial charge in [-0.1, -0.05) is 17.7 Å². The van der Waals surface area contributed by atoms with Crippen LogP contribution in [0.2, 0.25) is 5.02 Å². The van der Waals surface area contributed by atoms with E-state index < -0.39 is 4.92 Å². The van der Waals surface area contributed by atoms with Crippen LogP contribution in [-0.2, 0) is 4.74 Å². The molecule has 2 rings (SSSR count). The van der Waals surface area contributed by atoms with E-state index in [9.17, 15) is 10.1 Å². The van der Waals surface area contributed by atoms with Gasteiger partial charge < -0.3 is 22.5 Å². The molecule has 0 spiro atoms. The Kier molecular flexibility index (Phi) is 7.74. The van der Waals surface area contributed by atoms with E-state index >= 15 is 0 Å². The monoisotopic (exact) mass is 334 g/mol. The summed E-state index contributed by atoms with van der Waals surface area (Å²) >= 11 is 6.01. The minimum atomic E-state index is -0.420. The van der Waals surface area contributed by atoms with Crippen LogP contribution in [0.4, 0.5) is 11.4 Å². The van der Waals surface area contributed by atoms with Gasteiger partial charge in [-0.2, -0.15) is 0 Å². The number of hydrogen-bond acceptors (Lipinski definition) is 5. The highest BCUT2D eigenvalue weighted by atomic mass is 35.5. The minimum absolute atomic E-state index is 0. The average Bonchev–Trinajstić information content (AvgIpc) is 2.45. The Bertz CT molecular complexity index is 468. The standard InChI is InChI=1S/C13H18ClN3O3.ClH/c14-11-3-1-4-12(17(18)19)13(11)15-5-2-6-16-7-9-20-10-8-16;/h1,3-4,15H,2,5-10H2;1H/p-1. The maximum absolute atomic E-state index is 10.9. The summed E-state index contributed by atoms with van der Waals surface area (Å²) in [5.41, 5.74) is 0.421. The molecule has 118 valence electrons. The second kappa shape index (κ2) is 9.04. The van der Waals surface area contributed by atoms with E-state index in [4.69, 9.17) is 16.3 Å². The van der Waals surface area contributed by atoms with Crippen LogP contribution < -0.4 is 17.7 Å². The number of halogens is 2. The lowest BCUT2D eigenvalue weighted by atomic mass is 10.2. The lowest BCUT2D eigenvalue weighted by Gasteiger charge is -2.26. The predicted octanol–water partition coefficient (Wildman–Crippen LogP) is -0.614. The Labute approximate surface area is 135 Å². The second-order valence-corrected chi connectivity index (χ2v) is 5.03. The van der Waals surface area contributed by atoms with Crippen LogP contribution in [0.1, 0.15) is 6.42 Å². The summed E-state index contributed by atoms with van der Waals surface area (Å²) in [4.78, 5) is 12.8. The van der Waals surface area contributed by atoms with Gasteiger partial charge in [0.1, 0.15) is 5.69 Å². The molecule has 0 saturated carbocycles. The smallest absolute Gasteiger partial charge is 0.293 e. The topological polar surface area (TPSA) is 67.6 Å². The molecule has 1 heterocycles. The highest BCUT2D eigenvalue weighted by Crippen LogP contribution is 2.31. The third-order valence-corrected chi connectivity index (χ3v) is 3.56. The Hall–Kier alpha value is -1.08. The van der Waals surface area contributed by atoms with Crippen molar-refractivity contribution in [1.29, 1.82) is 0 Å². The summed E-state index contributed by atoms with van der Waals surface area (Å²) in [6.07, 6.45) is 0.905. The number of rotatable bonds is 6. The van der Waals surface area contributed by atoms with E-state index in [1.807, 2.05) is 0 Å². The Morgan fingerprint density at radius 3 is 2.76 bits per heavy atom. The summed E-state index contributed by atoms with van der Waals surface area (Å²) in [5, 5.41) is 14.4. The molecule has 1 saturated heterocycles. The zero-order chi connectivity index (χ0) is 14.4. The minimum Gasteiger partial charge on any atom is -1.00 e. The van der Waals surface area contributed by atoms with Gasteiger partial charge in [0.05, 0.1) is 23.2 Å². The Morgan fingerprint density at radius 1 is 1.38 bits per heavy atom. The van der Waals surface area contributed by atoms with Gasteiger partial charge >= 0.3 is 0 Å². The fourth-order valence-electron chi connectivity index (χ4n) is 2.18. The molecule has 1 aromatic carbocycles. The molecule has 1 aromatic rings. The van der Waals surface area contributed by atoms with Gasteiger partial charge in [-0.25, -0.2) is 0 Å². The van der Waals surface area contributed by atoms with E-state index in [1.54, 1.807) is 12.1 Å². The normalized spacial score (nSPS) is 15.3. The molecule has 0 aliphatic carbocycles. The van der Waals surface area contributed by atoms with Crippen molar-refractivity contribution in [2.24, 2.45) is 0 Å². The number of ether oxygens (including phenoxy) is 1. The number of nitro groups is 1. The molecule has 1 fully saturated rings. The van der Waals surface area contributed by atoms with Crippen LogP contribution >= 0.6 is 11.6 Å². The number of nitro benzene ring substituents is 1. The first kappa shape index (κ1) is 18.0. The molecule has 0 bridgehead atoms. The molecule has 0 aromatic heterocycles. The lowest BCUT2D eigenvalue weighted by molar-refractivity contribution is -0.383. The highest BCUT2D eigenvalue weighted by molar-refractivity contribution is 6.33. The van der Waals surface area contributed by atoms with E-state index in [2.05, 4.69) is 10.2 Å². The largest absolute Gasteiger partial charge is 1.00 e. The molecule has 1 aliphatic heterocycles. The molecule has 0 unspecified atom stereocenters. The van der Waals surface area contributed by atoms with E-state index in [0.717, 1.165) is 39.3 Å². The number of para-hydroxylation sites is 1. The van der Waals surface area contributed by atoms with Gasteiger partial charge in [-0.15, -0.1) is 0 Å². The fourth-order valence-corrected chi connectivity index (χ4v) is 2.42. The molecule has 8 heteroatoms. The van der Waals surface area contributed by atoms with Gasteiger partial charge in [-0.3, -0.25) is 15.0 Å². The van der Waals surface area contributed by atoms with Crippen LogP contribution in [0.25, 0.3) is 0 Å². The molecule has 6 nitrogen and oxygen atoms in total. The summed E-state index contributed by atoms with van der Waals surface area (Å²) < 4.78 is 5.28. The van der Waals surface area contributed by atoms with Gasteiger partial charge in [0.15, 0.2) is 0 Å². The van der Waals surface area contributed by atoms with Crippen molar-refractivity contribution >= 4 is 23.0 Å². The zero-order valence-electron chi connectivity index (χ0n) is 11.6. The molecular weight excluding hydrogens is 317 g/mol. The summed E-state index contributed by atoms with van der Waals surface area (Å²) in [6, 6.07) is 4.69. The quantitative estimate of drug-likeness (QED) is 0.427. The van der Waals surface area contributed by atoms with E-state index in [1.165, 1.54) is 6.07 Å². The number of nitrogens with zero attached hydrogens (tertiary/aromatic N) is 2. The van der Waals surface area contributed by atoms with E-state index in [0.29, 0.717) is 17.3 Å². The maximum Gasteiger partial charge on any atom is 0.293 e. The van der Waals surface area contributed by atoms with Crippen LogP contribution in [0, 0.1) is 10.1 Å². The first-order chi connectivity index (χ1) is 9.68. The Balaban J connectivity index is 0.00000220. The van der Waals surface area contributed by atoms with Gasteiger partial charge in [0.25, 0.3) is 5.69 Å². The molecule has 0 radical (unpaired) electrons. The lowest BCUT2D eigenvalue weighted by Crippen LogP contribution is -3.00. The molecular formula is C13H18Cl2N3O3-. The maximum atomic E-state index is 10.9.